The normalized spacial score (nSPS) is 20.5. The van der Waals surface area contributed by atoms with Crippen molar-refractivity contribution in [2.45, 2.75) is 32.5 Å². The Balaban J connectivity index is 2.01. The number of nitrogens with one attached hydrogen (secondary N) is 1. The number of carbonyl (C=O) groups excluding carboxylic acids is 2. The quantitative estimate of drug-likeness (QED) is 0.624. The Morgan fingerprint density at radius 2 is 2.08 bits per heavy atom. The summed E-state index contributed by atoms with van der Waals surface area (Å²) in [6, 6.07) is 1.48. The summed E-state index contributed by atoms with van der Waals surface area (Å²) >= 11 is 0. The smallest absolute Gasteiger partial charge is 0.419 e. The highest BCUT2D eigenvalue weighted by Gasteiger charge is 2.42. The van der Waals surface area contributed by atoms with Gasteiger partial charge in [0.2, 0.25) is 0 Å². The number of amides is 1. The molecule has 0 spiro atoms. The first-order chi connectivity index (χ1) is 11.2. The molecule has 130 valence electrons. The van der Waals surface area contributed by atoms with E-state index in [0.717, 1.165) is 6.54 Å². The van der Waals surface area contributed by atoms with E-state index in [0.29, 0.717) is 41.8 Å². The molecule has 1 aromatic rings. The summed E-state index contributed by atoms with van der Waals surface area (Å²) in [5, 5.41) is 3.20. The third-order valence-corrected chi connectivity index (χ3v) is 4.54. The zero-order valence-electron chi connectivity index (χ0n) is 13.3. The number of aryl methyl sites for hydroxylation is 1. The van der Waals surface area contributed by atoms with Crippen LogP contribution in [0, 0.1) is 13.8 Å². The van der Waals surface area contributed by atoms with Crippen LogP contribution in [0.2, 0.25) is 0 Å². The number of hydrogen-bond acceptors (Lipinski definition) is 4. The van der Waals surface area contributed by atoms with Crippen molar-refractivity contribution >= 4 is 11.9 Å². The van der Waals surface area contributed by atoms with Crippen molar-refractivity contribution in [2.75, 3.05) is 19.6 Å². The lowest BCUT2D eigenvalue weighted by atomic mass is 9.87. The van der Waals surface area contributed by atoms with Gasteiger partial charge in [-0.15, -0.1) is 0 Å². The molecular formula is C16H17F3N2O3. The first-order valence-corrected chi connectivity index (χ1v) is 7.64. The Morgan fingerprint density at radius 1 is 1.38 bits per heavy atom. The van der Waals surface area contributed by atoms with E-state index in [-0.39, 0.29) is 17.7 Å². The van der Waals surface area contributed by atoms with Crippen molar-refractivity contribution in [3.8, 4) is 5.75 Å². The number of hydrogen-bond donors (Lipinski definition) is 1. The summed E-state index contributed by atoms with van der Waals surface area (Å²) in [6.07, 6.45) is -4.54. The van der Waals surface area contributed by atoms with E-state index in [2.05, 4.69) is 10.1 Å². The van der Waals surface area contributed by atoms with Gasteiger partial charge in [0.1, 0.15) is 5.75 Å². The molecule has 1 aromatic carbocycles. The molecule has 8 heteroatoms. The molecule has 1 N–H and O–H groups in total. The molecular weight excluding hydrogens is 325 g/mol. The number of halogens is 3. The minimum atomic E-state index is -5.06. The van der Waals surface area contributed by atoms with E-state index in [1.165, 1.54) is 13.0 Å². The molecule has 5 nitrogen and oxygen atoms in total. The molecule has 0 aliphatic carbocycles. The van der Waals surface area contributed by atoms with Crippen molar-refractivity contribution in [3.05, 3.63) is 28.3 Å². The Morgan fingerprint density at radius 3 is 2.75 bits per heavy atom. The molecule has 0 saturated carbocycles. The summed E-state index contributed by atoms with van der Waals surface area (Å²) < 4.78 is 42.0. The first kappa shape index (κ1) is 16.8. The summed E-state index contributed by atoms with van der Waals surface area (Å²) in [6.45, 7) is 5.08. The minimum absolute atomic E-state index is 0.0358. The number of benzene rings is 1. The number of fused-ring (bicyclic) bond motifs is 2. The number of rotatable bonds is 1. The van der Waals surface area contributed by atoms with E-state index < -0.39 is 12.1 Å². The lowest BCUT2D eigenvalue weighted by Gasteiger charge is -2.41. The van der Waals surface area contributed by atoms with Gasteiger partial charge >= 0.3 is 12.1 Å². The van der Waals surface area contributed by atoms with Crippen LogP contribution < -0.4 is 10.1 Å². The second-order valence-electron chi connectivity index (χ2n) is 6.12. The van der Waals surface area contributed by atoms with E-state index in [1.54, 1.807) is 11.8 Å². The number of nitrogens with zero attached hydrogens (tertiary/aromatic N) is 1. The van der Waals surface area contributed by atoms with Crippen molar-refractivity contribution in [2.24, 2.45) is 0 Å². The average molecular weight is 342 g/mol. The van der Waals surface area contributed by atoms with Gasteiger partial charge in [-0.3, -0.25) is 4.79 Å². The van der Waals surface area contributed by atoms with E-state index >= 15 is 0 Å². The lowest BCUT2D eigenvalue weighted by Crippen LogP contribution is -2.56. The van der Waals surface area contributed by atoms with E-state index in [1.807, 2.05) is 0 Å². The molecule has 1 fully saturated rings. The highest BCUT2D eigenvalue weighted by molar-refractivity contribution is 5.98. The van der Waals surface area contributed by atoms with Gasteiger partial charge in [-0.05, 0) is 43.0 Å². The Kier molecular flexibility index (Phi) is 4.03. The standard InChI is InChI=1S/C16H17F3N2O3/c1-8-5-12-11(6-10-7-20-3-4-21(10)14(12)22)9(2)13(8)24-15(23)16(17,18)19/h5,10,20H,3-4,6-7H2,1-2H3/t10-/m1/s1. The largest absolute Gasteiger partial charge is 0.491 e. The molecule has 2 aliphatic rings. The van der Waals surface area contributed by atoms with Crippen LogP contribution in [0.5, 0.6) is 5.75 Å². The molecule has 2 aliphatic heterocycles. The molecule has 2 heterocycles. The van der Waals surface area contributed by atoms with Crippen LogP contribution in [-0.2, 0) is 11.2 Å². The third kappa shape index (κ3) is 2.75. The third-order valence-electron chi connectivity index (χ3n) is 4.54. The van der Waals surface area contributed by atoms with Crippen molar-refractivity contribution in [1.82, 2.24) is 10.2 Å². The number of carbonyl (C=O) groups is 2. The zero-order chi connectivity index (χ0) is 17.6. The van der Waals surface area contributed by atoms with Crippen molar-refractivity contribution in [3.63, 3.8) is 0 Å². The lowest BCUT2D eigenvalue weighted by molar-refractivity contribution is -0.189. The Bertz CT molecular complexity index is 715. The van der Waals surface area contributed by atoms with Crippen LogP contribution in [0.1, 0.15) is 27.0 Å². The van der Waals surface area contributed by atoms with Crippen molar-refractivity contribution < 1.29 is 27.5 Å². The average Bonchev–Trinajstić information content (AvgIpc) is 2.52. The van der Waals surface area contributed by atoms with Crippen molar-refractivity contribution in [1.29, 1.82) is 0 Å². The van der Waals surface area contributed by atoms with Gasteiger partial charge in [0.25, 0.3) is 5.91 Å². The van der Waals surface area contributed by atoms with Crippen LogP contribution >= 0.6 is 0 Å². The molecule has 1 amide bonds. The fraction of sp³-hybridized carbons (Fsp3) is 0.500. The number of piperazine rings is 1. The predicted octanol–water partition coefficient (Wildman–Crippen LogP) is 1.74. The maximum Gasteiger partial charge on any atom is 0.491 e. The molecule has 1 atom stereocenters. The monoisotopic (exact) mass is 342 g/mol. The van der Waals surface area contributed by atoms with Gasteiger partial charge in [-0.2, -0.15) is 13.2 Å². The Hall–Kier alpha value is -2.09. The van der Waals surface area contributed by atoms with Crippen LogP contribution in [0.15, 0.2) is 6.07 Å². The molecule has 0 radical (unpaired) electrons. The second-order valence-corrected chi connectivity index (χ2v) is 6.12. The highest BCUT2D eigenvalue weighted by Crippen LogP contribution is 2.35. The van der Waals surface area contributed by atoms with Gasteiger partial charge < -0.3 is 15.0 Å². The summed E-state index contributed by atoms with van der Waals surface area (Å²) in [4.78, 5) is 25.6. The van der Waals surface area contributed by atoms with Crippen LogP contribution in [0.25, 0.3) is 0 Å². The predicted molar refractivity (Wildman–Crippen MR) is 79.0 cm³/mol. The van der Waals surface area contributed by atoms with Gasteiger partial charge in [0.15, 0.2) is 0 Å². The molecule has 0 aromatic heterocycles. The SMILES string of the molecule is Cc1cc2c(c(C)c1OC(=O)C(F)(F)F)C[C@@H]1CNCCN1C2=O. The number of esters is 1. The van der Waals surface area contributed by atoms with Gasteiger partial charge in [-0.1, -0.05) is 0 Å². The molecule has 0 unspecified atom stereocenters. The maximum absolute atomic E-state index is 12.7. The molecule has 0 bridgehead atoms. The maximum atomic E-state index is 12.7. The van der Waals surface area contributed by atoms with E-state index in [9.17, 15) is 22.8 Å². The molecule has 24 heavy (non-hydrogen) atoms. The summed E-state index contributed by atoms with van der Waals surface area (Å²) in [7, 11) is 0. The zero-order valence-corrected chi connectivity index (χ0v) is 13.3. The fourth-order valence-electron chi connectivity index (χ4n) is 3.37. The van der Waals surface area contributed by atoms with Gasteiger partial charge in [0.05, 0.1) is 0 Å². The van der Waals surface area contributed by atoms with Crippen LogP contribution in [-0.4, -0.2) is 48.6 Å². The topological polar surface area (TPSA) is 58.6 Å². The van der Waals surface area contributed by atoms with Gasteiger partial charge in [-0.25, -0.2) is 4.79 Å². The minimum Gasteiger partial charge on any atom is -0.419 e. The molecule has 3 rings (SSSR count). The second kappa shape index (κ2) is 5.77. The summed E-state index contributed by atoms with van der Waals surface area (Å²) in [5.41, 5.74) is 1.89. The Labute approximate surface area is 136 Å². The first-order valence-electron chi connectivity index (χ1n) is 7.64. The number of alkyl halides is 3. The fourth-order valence-corrected chi connectivity index (χ4v) is 3.37. The van der Waals surface area contributed by atoms with Crippen LogP contribution in [0.3, 0.4) is 0 Å². The van der Waals surface area contributed by atoms with E-state index in [4.69, 9.17) is 0 Å². The highest BCUT2D eigenvalue weighted by atomic mass is 19.4. The molecule has 1 saturated heterocycles. The van der Waals surface area contributed by atoms with Crippen LogP contribution in [0.4, 0.5) is 13.2 Å². The van der Waals surface area contributed by atoms with Gasteiger partial charge in [0, 0.05) is 31.2 Å². The summed E-state index contributed by atoms with van der Waals surface area (Å²) in [5.74, 6) is -2.49. The number of ether oxygens (including phenoxy) is 1.